The summed E-state index contributed by atoms with van der Waals surface area (Å²) >= 11 is 0. The molecule has 3 rings (SSSR count). The van der Waals surface area contributed by atoms with E-state index in [9.17, 15) is 4.79 Å². The van der Waals surface area contributed by atoms with Gasteiger partial charge < -0.3 is 14.6 Å². The van der Waals surface area contributed by atoms with Crippen molar-refractivity contribution in [2.75, 3.05) is 23.8 Å². The van der Waals surface area contributed by atoms with Crippen LogP contribution in [0, 0.1) is 6.92 Å². The van der Waals surface area contributed by atoms with Crippen LogP contribution in [-0.2, 0) is 4.79 Å². The molecule has 6 heteroatoms. The fourth-order valence-electron chi connectivity index (χ4n) is 2.49. The first kappa shape index (κ1) is 12.7. The van der Waals surface area contributed by atoms with Crippen LogP contribution in [0.3, 0.4) is 0 Å². The maximum absolute atomic E-state index is 12.0. The standard InChI is InChI=1S/C14H16N4O2/c1-9-16-17-14(20-9)15-8-10-7-13(19)18(2)12-6-4-3-5-11(10)12/h3-6,10H,7-8H2,1-2H3,(H,15,17). The van der Waals surface area contributed by atoms with Crippen molar-refractivity contribution >= 4 is 17.6 Å². The minimum Gasteiger partial charge on any atom is -0.408 e. The summed E-state index contributed by atoms with van der Waals surface area (Å²) in [5.74, 6) is 0.756. The number of benzene rings is 1. The molecule has 0 saturated heterocycles. The Kier molecular flexibility index (Phi) is 3.14. The van der Waals surface area contributed by atoms with Gasteiger partial charge in [-0.15, -0.1) is 5.10 Å². The minimum absolute atomic E-state index is 0.113. The lowest BCUT2D eigenvalue weighted by atomic mass is 9.89. The number of para-hydroxylation sites is 1. The Balaban J connectivity index is 1.80. The van der Waals surface area contributed by atoms with Gasteiger partial charge in [-0.3, -0.25) is 4.79 Å². The van der Waals surface area contributed by atoms with Crippen molar-refractivity contribution in [1.29, 1.82) is 0 Å². The van der Waals surface area contributed by atoms with Gasteiger partial charge in [-0.1, -0.05) is 23.3 Å². The number of nitrogens with one attached hydrogen (secondary N) is 1. The average molecular weight is 272 g/mol. The summed E-state index contributed by atoms with van der Waals surface area (Å²) in [6.45, 7) is 2.34. The predicted octanol–water partition coefficient (Wildman–Crippen LogP) is 1.94. The number of fused-ring (bicyclic) bond motifs is 1. The highest BCUT2D eigenvalue weighted by molar-refractivity contribution is 5.96. The first-order chi connectivity index (χ1) is 9.65. The second-order valence-corrected chi connectivity index (χ2v) is 4.92. The monoisotopic (exact) mass is 272 g/mol. The first-order valence-corrected chi connectivity index (χ1v) is 6.54. The van der Waals surface area contributed by atoms with Crippen LogP contribution in [0.1, 0.15) is 23.8 Å². The predicted molar refractivity (Wildman–Crippen MR) is 74.7 cm³/mol. The van der Waals surface area contributed by atoms with E-state index in [1.54, 1.807) is 11.8 Å². The molecule has 1 aromatic carbocycles. The Morgan fingerprint density at radius 1 is 1.40 bits per heavy atom. The molecule has 0 saturated carbocycles. The van der Waals surface area contributed by atoms with E-state index in [-0.39, 0.29) is 11.8 Å². The third-order valence-corrected chi connectivity index (χ3v) is 3.56. The van der Waals surface area contributed by atoms with Gasteiger partial charge in [-0.25, -0.2) is 0 Å². The molecule has 0 fully saturated rings. The molecule has 104 valence electrons. The zero-order valence-corrected chi connectivity index (χ0v) is 11.5. The summed E-state index contributed by atoms with van der Waals surface area (Å²) in [4.78, 5) is 13.7. The fourth-order valence-corrected chi connectivity index (χ4v) is 2.49. The van der Waals surface area contributed by atoms with Crippen molar-refractivity contribution in [3.63, 3.8) is 0 Å². The molecule has 0 spiro atoms. The number of aromatic nitrogens is 2. The second kappa shape index (κ2) is 4.96. The molecule has 2 heterocycles. The topological polar surface area (TPSA) is 71.3 Å². The Morgan fingerprint density at radius 3 is 2.95 bits per heavy atom. The molecular weight excluding hydrogens is 256 g/mol. The highest BCUT2D eigenvalue weighted by atomic mass is 16.4. The van der Waals surface area contributed by atoms with Gasteiger partial charge in [0.05, 0.1) is 0 Å². The third kappa shape index (κ3) is 2.24. The van der Waals surface area contributed by atoms with Gasteiger partial charge in [0.25, 0.3) is 0 Å². The summed E-state index contributed by atoms with van der Waals surface area (Å²) in [5, 5.41) is 10.8. The van der Waals surface area contributed by atoms with Gasteiger partial charge in [-0.05, 0) is 11.6 Å². The van der Waals surface area contributed by atoms with Crippen molar-refractivity contribution in [1.82, 2.24) is 10.2 Å². The maximum Gasteiger partial charge on any atom is 0.315 e. The molecule has 6 nitrogen and oxygen atoms in total. The molecule has 20 heavy (non-hydrogen) atoms. The molecular formula is C14H16N4O2. The number of rotatable bonds is 3. The van der Waals surface area contributed by atoms with E-state index in [0.717, 1.165) is 5.69 Å². The molecule has 1 aliphatic heterocycles. The Labute approximate surface area is 116 Å². The normalized spacial score (nSPS) is 18.0. The van der Waals surface area contributed by atoms with Crippen LogP contribution in [0.25, 0.3) is 0 Å². The lowest BCUT2D eigenvalue weighted by Gasteiger charge is -2.31. The molecule has 1 unspecified atom stereocenters. The van der Waals surface area contributed by atoms with Crippen molar-refractivity contribution in [3.8, 4) is 0 Å². The molecule has 2 aromatic rings. The lowest BCUT2D eigenvalue weighted by molar-refractivity contribution is -0.119. The zero-order chi connectivity index (χ0) is 14.1. The highest BCUT2D eigenvalue weighted by Gasteiger charge is 2.28. The van der Waals surface area contributed by atoms with Crippen LogP contribution in [0.4, 0.5) is 11.7 Å². The van der Waals surface area contributed by atoms with E-state index in [1.165, 1.54) is 5.56 Å². The summed E-state index contributed by atoms with van der Waals surface area (Å²) in [6, 6.07) is 8.36. The molecule has 0 bridgehead atoms. The van der Waals surface area contributed by atoms with E-state index in [1.807, 2.05) is 25.2 Å². The minimum atomic E-state index is 0.113. The number of amides is 1. The summed E-state index contributed by atoms with van der Waals surface area (Å²) < 4.78 is 5.28. The number of nitrogens with zero attached hydrogens (tertiary/aromatic N) is 3. The van der Waals surface area contributed by atoms with E-state index >= 15 is 0 Å². The summed E-state index contributed by atoms with van der Waals surface area (Å²) in [7, 11) is 1.81. The van der Waals surface area contributed by atoms with Crippen LogP contribution in [0.5, 0.6) is 0 Å². The molecule has 1 amide bonds. The molecule has 0 radical (unpaired) electrons. The van der Waals surface area contributed by atoms with Gasteiger partial charge in [-0.2, -0.15) is 0 Å². The average Bonchev–Trinajstić information content (AvgIpc) is 2.87. The van der Waals surface area contributed by atoms with Crippen molar-refractivity contribution in [2.45, 2.75) is 19.3 Å². The highest BCUT2D eigenvalue weighted by Crippen LogP contribution is 2.34. The number of carbonyl (C=O) groups is 1. The number of hydrogen-bond donors (Lipinski definition) is 1. The lowest BCUT2D eigenvalue weighted by Crippen LogP contribution is -2.35. The van der Waals surface area contributed by atoms with Crippen LogP contribution in [-0.4, -0.2) is 29.7 Å². The maximum atomic E-state index is 12.0. The van der Waals surface area contributed by atoms with Crippen molar-refractivity contribution in [2.24, 2.45) is 0 Å². The molecule has 1 aliphatic rings. The van der Waals surface area contributed by atoms with Crippen LogP contribution in [0.2, 0.25) is 0 Å². The van der Waals surface area contributed by atoms with E-state index in [2.05, 4.69) is 21.6 Å². The Morgan fingerprint density at radius 2 is 2.20 bits per heavy atom. The SMILES string of the molecule is Cc1nnc(NCC2CC(=O)N(C)c3ccccc32)o1. The third-order valence-electron chi connectivity index (χ3n) is 3.56. The Hall–Kier alpha value is -2.37. The van der Waals surface area contributed by atoms with Gasteiger partial charge >= 0.3 is 6.01 Å². The van der Waals surface area contributed by atoms with Crippen LogP contribution >= 0.6 is 0 Å². The van der Waals surface area contributed by atoms with Gasteiger partial charge in [0.2, 0.25) is 11.8 Å². The summed E-state index contributed by atoms with van der Waals surface area (Å²) in [6.07, 6.45) is 0.480. The van der Waals surface area contributed by atoms with Crippen LogP contribution < -0.4 is 10.2 Å². The van der Waals surface area contributed by atoms with E-state index in [4.69, 9.17) is 4.42 Å². The molecule has 1 N–H and O–H groups in total. The second-order valence-electron chi connectivity index (χ2n) is 4.92. The number of carbonyl (C=O) groups excluding carboxylic acids is 1. The van der Waals surface area contributed by atoms with E-state index < -0.39 is 0 Å². The fraction of sp³-hybridized carbons (Fsp3) is 0.357. The Bertz CT molecular complexity index is 638. The number of anilines is 2. The van der Waals surface area contributed by atoms with Crippen LogP contribution in [0.15, 0.2) is 28.7 Å². The molecule has 1 atom stereocenters. The first-order valence-electron chi connectivity index (χ1n) is 6.54. The number of aryl methyl sites for hydroxylation is 1. The zero-order valence-electron chi connectivity index (χ0n) is 11.5. The van der Waals surface area contributed by atoms with E-state index in [0.29, 0.717) is 24.9 Å². The van der Waals surface area contributed by atoms with Gasteiger partial charge in [0, 0.05) is 38.5 Å². The van der Waals surface area contributed by atoms with Gasteiger partial charge in [0.1, 0.15) is 0 Å². The van der Waals surface area contributed by atoms with Crippen molar-refractivity contribution < 1.29 is 9.21 Å². The number of hydrogen-bond acceptors (Lipinski definition) is 5. The molecule has 0 aliphatic carbocycles. The summed E-state index contributed by atoms with van der Waals surface area (Å²) in [5.41, 5.74) is 2.13. The quantitative estimate of drug-likeness (QED) is 0.924. The molecule has 1 aromatic heterocycles. The van der Waals surface area contributed by atoms with Gasteiger partial charge in [0.15, 0.2) is 0 Å². The largest absolute Gasteiger partial charge is 0.408 e. The van der Waals surface area contributed by atoms with Crippen molar-refractivity contribution in [3.05, 3.63) is 35.7 Å². The smallest absolute Gasteiger partial charge is 0.315 e.